The first-order chi connectivity index (χ1) is 21.5. The van der Waals surface area contributed by atoms with Gasteiger partial charge < -0.3 is 4.90 Å². The minimum atomic E-state index is -0.0912. The summed E-state index contributed by atoms with van der Waals surface area (Å²) in [5.41, 5.74) is 8.93. The number of fused-ring (bicyclic) bond motifs is 8. The highest BCUT2D eigenvalue weighted by molar-refractivity contribution is 6.02. The first-order valence-corrected chi connectivity index (χ1v) is 15.4. The highest BCUT2D eigenvalue weighted by atomic mass is 15.1. The van der Waals surface area contributed by atoms with Crippen molar-refractivity contribution < 1.29 is 0 Å². The van der Waals surface area contributed by atoms with E-state index in [4.69, 9.17) is 0 Å². The van der Waals surface area contributed by atoms with Gasteiger partial charge in [0.15, 0.2) is 0 Å². The summed E-state index contributed by atoms with van der Waals surface area (Å²) in [5, 5.41) is 10.2. The number of benzene rings is 8. The maximum atomic E-state index is 2.41. The van der Waals surface area contributed by atoms with Gasteiger partial charge in [-0.2, -0.15) is 0 Å². The Bertz CT molecular complexity index is 2350. The van der Waals surface area contributed by atoms with Crippen molar-refractivity contribution in [1.82, 2.24) is 0 Å². The van der Waals surface area contributed by atoms with Gasteiger partial charge in [0.05, 0.1) is 0 Å². The van der Waals surface area contributed by atoms with E-state index in [0.29, 0.717) is 0 Å². The third kappa shape index (κ3) is 3.72. The molecule has 0 unspecified atom stereocenters. The maximum Gasteiger partial charge on any atom is 0.0468 e. The second kappa shape index (κ2) is 9.30. The fraction of sp³-hybridized carbons (Fsp3) is 0.0698. The monoisotopic (exact) mass is 561 g/mol. The zero-order valence-electron chi connectivity index (χ0n) is 24.9. The second-order valence-electron chi connectivity index (χ2n) is 12.7. The Balaban J connectivity index is 1.24. The van der Waals surface area contributed by atoms with Crippen molar-refractivity contribution >= 4 is 60.2 Å². The maximum absolute atomic E-state index is 2.41. The molecule has 0 amide bonds. The van der Waals surface area contributed by atoms with Crippen LogP contribution in [-0.2, 0) is 5.41 Å². The van der Waals surface area contributed by atoms with Crippen LogP contribution < -0.4 is 4.90 Å². The number of hydrogen-bond donors (Lipinski definition) is 0. The van der Waals surface area contributed by atoms with Crippen LogP contribution in [0.2, 0.25) is 0 Å². The van der Waals surface area contributed by atoms with Gasteiger partial charge in [0.1, 0.15) is 0 Å². The standard InChI is InChI=1S/C43H31N/c1-43(2)41-27-33-14-8-7-13-32(33)26-40(41)39-21-17-34-25-37(20-22-38(34)42(39)43)44(35-18-15-28-9-3-5-11-30(28)23-35)36-19-16-29-10-4-6-12-31(29)24-36/h3-27H,1-2H3. The van der Waals surface area contributed by atoms with Crippen LogP contribution >= 0.6 is 0 Å². The van der Waals surface area contributed by atoms with Crippen molar-refractivity contribution in [3.63, 3.8) is 0 Å². The summed E-state index contributed by atoms with van der Waals surface area (Å²) in [7, 11) is 0. The molecule has 9 rings (SSSR count). The molecule has 0 aliphatic heterocycles. The van der Waals surface area contributed by atoms with Gasteiger partial charge in [0.25, 0.3) is 0 Å². The normalized spacial score (nSPS) is 13.4. The highest BCUT2D eigenvalue weighted by Gasteiger charge is 2.37. The molecule has 0 aromatic heterocycles. The number of hydrogen-bond acceptors (Lipinski definition) is 1. The summed E-state index contributed by atoms with van der Waals surface area (Å²) in [4.78, 5) is 2.40. The third-order valence-electron chi connectivity index (χ3n) is 9.72. The van der Waals surface area contributed by atoms with Crippen molar-refractivity contribution in [1.29, 1.82) is 0 Å². The van der Waals surface area contributed by atoms with E-state index in [1.54, 1.807) is 0 Å². The topological polar surface area (TPSA) is 3.24 Å². The van der Waals surface area contributed by atoms with Crippen molar-refractivity contribution in [2.75, 3.05) is 4.90 Å². The molecule has 208 valence electrons. The van der Waals surface area contributed by atoms with Crippen LogP contribution in [0.4, 0.5) is 17.1 Å². The van der Waals surface area contributed by atoms with E-state index >= 15 is 0 Å². The molecule has 0 heterocycles. The molecule has 0 N–H and O–H groups in total. The van der Waals surface area contributed by atoms with Crippen molar-refractivity contribution in [2.24, 2.45) is 0 Å². The second-order valence-corrected chi connectivity index (χ2v) is 12.7. The Morgan fingerprint density at radius 2 is 0.841 bits per heavy atom. The molecule has 0 bridgehead atoms. The van der Waals surface area contributed by atoms with Gasteiger partial charge in [-0.3, -0.25) is 0 Å². The van der Waals surface area contributed by atoms with E-state index in [-0.39, 0.29) is 5.41 Å². The molecule has 8 aromatic carbocycles. The SMILES string of the molecule is CC1(C)c2cc3ccccc3cc2-c2ccc3cc(N(c4ccc5ccccc5c4)c4ccc5ccccc5c4)ccc3c21. The largest absolute Gasteiger partial charge is 0.310 e. The third-order valence-corrected chi connectivity index (χ3v) is 9.72. The highest BCUT2D eigenvalue weighted by Crippen LogP contribution is 2.53. The molecular weight excluding hydrogens is 530 g/mol. The molecule has 0 saturated heterocycles. The Morgan fingerprint density at radius 3 is 1.43 bits per heavy atom. The Morgan fingerprint density at radius 1 is 0.386 bits per heavy atom. The lowest BCUT2D eigenvalue weighted by Crippen LogP contribution is -2.15. The van der Waals surface area contributed by atoms with Crippen LogP contribution in [0.3, 0.4) is 0 Å². The Labute approximate surface area is 257 Å². The first-order valence-electron chi connectivity index (χ1n) is 15.4. The Kier molecular flexibility index (Phi) is 5.31. The molecular formula is C43H31N. The summed E-state index contributed by atoms with van der Waals surface area (Å²) < 4.78 is 0. The molecule has 0 fully saturated rings. The molecule has 1 aliphatic rings. The molecule has 0 spiro atoms. The fourth-order valence-electron chi connectivity index (χ4n) is 7.55. The molecule has 0 atom stereocenters. The minimum Gasteiger partial charge on any atom is -0.310 e. The van der Waals surface area contributed by atoms with Crippen molar-refractivity contribution in [3.8, 4) is 11.1 Å². The van der Waals surface area contributed by atoms with Gasteiger partial charge in [-0.15, -0.1) is 0 Å². The van der Waals surface area contributed by atoms with Gasteiger partial charge in [0, 0.05) is 22.5 Å². The molecule has 1 nitrogen and oxygen atoms in total. The van der Waals surface area contributed by atoms with E-state index in [0.717, 1.165) is 17.1 Å². The van der Waals surface area contributed by atoms with Crippen molar-refractivity contribution in [3.05, 3.63) is 163 Å². The van der Waals surface area contributed by atoms with E-state index in [1.807, 2.05) is 0 Å². The Hall–Kier alpha value is -5.40. The lowest BCUT2D eigenvalue weighted by atomic mass is 9.80. The van der Waals surface area contributed by atoms with E-state index in [2.05, 4.69) is 170 Å². The van der Waals surface area contributed by atoms with Gasteiger partial charge >= 0.3 is 0 Å². The molecule has 44 heavy (non-hydrogen) atoms. The summed E-state index contributed by atoms with van der Waals surface area (Å²) in [6, 6.07) is 56.0. The summed E-state index contributed by atoms with van der Waals surface area (Å²) in [6.07, 6.45) is 0. The van der Waals surface area contributed by atoms with Crippen LogP contribution in [0.25, 0.3) is 54.2 Å². The zero-order chi connectivity index (χ0) is 29.4. The zero-order valence-corrected chi connectivity index (χ0v) is 24.9. The van der Waals surface area contributed by atoms with Gasteiger partial charge in [-0.1, -0.05) is 117 Å². The fourth-order valence-corrected chi connectivity index (χ4v) is 7.55. The summed E-state index contributed by atoms with van der Waals surface area (Å²) in [6.45, 7) is 4.77. The van der Waals surface area contributed by atoms with E-state index in [1.165, 1.54) is 65.3 Å². The smallest absolute Gasteiger partial charge is 0.0468 e. The average molecular weight is 562 g/mol. The van der Waals surface area contributed by atoms with Crippen LogP contribution in [-0.4, -0.2) is 0 Å². The van der Waals surface area contributed by atoms with Crippen LogP contribution in [0, 0.1) is 0 Å². The predicted octanol–water partition coefficient (Wildman–Crippen LogP) is 12.1. The summed E-state index contributed by atoms with van der Waals surface area (Å²) in [5.74, 6) is 0. The summed E-state index contributed by atoms with van der Waals surface area (Å²) >= 11 is 0. The number of rotatable bonds is 3. The van der Waals surface area contributed by atoms with E-state index < -0.39 is 0 Å². The quantitative estimate of drug-likeness (QED) is 0.207. The van der Waals surface area contributed by atoms with Crippen molar-refractivity contribution in [2.45, 2.75) is 19.3 Å². The van der Waals surface area contributed by atoms with Crippen LogP contribution in [0.1, 0.15) is 25.0 Å². The minimum absolute atomic E-state index is 0.0912. The first kappa shape index (κ1) is 25.1. The van der Waals surface area contributed by atoms with Crippen LogP contribution in [0.15, 0.2) is 152 Å². The molecule has 1 aliphatic carbocycles. The molecule has 0 saturated carbocycles. The lowest BCUT2D eigenvalue weighted by molar-refractivity contribution is 0.667. The van der Waals surface area contributed by atoms with Gasteiger partial charge in [-0.25, -0.2) is 0 Å². The predicted molar refractivity (Wildman–Crippen MR) is 189 cm³/mol. The average Bonchev–Trinajstić information content (AvgIpc) is 3.29. The van der Waals surface area contributed by atoms with Gasteiger partial charge in [-0.05, 0) is 114 Å². The number of anilines is 3. The van der Waals surface area contributed by atoms with Crippen LogP contribution in [0.5, 0.6) is 0 Å². The lowest BCUT2D eigenvalue weighted by Gasteiger charge is -2.27. The molecule has 1 heteroatoms. The molecule has 0 radical (unpaired) electrons. The van der Waals surface area contributed by atoms with E-state index in [9.17, 15) is 0 Å². The van der Waals surface area contributed by atoms with Gasteiger partial charge in [0.2, 0.25) is 0 Å². The molecule has 8 aromatic rings. The number of nitrogens with zero attached hydrogens (tertiary/aromatic N) is 1.